The number of aliphatic hydroxyl groups is 1. The van der Waals surface area contributed by atoms with Crippen LogP contribution in [0.2, 0.25) is 0 Å². The zero-order valence-electron chi connectivity index (χ0n) is 5.05. The minimum atomic E-state index is 0.204. The fourth-order valence-corrected chi connectivity index (χ4v) is 0.565. The molecular weight excluding hydrogens is 118 g/mol. The molecule has 1 heterocycles. The van der Waals surface area contributed by atoms with E-state index in [1.807, 2.05) is 0 Å². The third-order valence-electron chi connectivity index (χ3n) is 0.903. The molecule has 50 valence electrons. The summed E-state index contributed by atoms with van der Waals surface area (Å²) in [4.78, 5) is 10.1. The van der Waals surface area contributed by atoms with E-state index in [1.54, 1.807) is 0 Å². The second kappa shape index (κ2) is 4.98. The molecule has 0 radical (unpaired) electrons. The average molecular weight is 127 g/mol. The lowest BCUT2D eigenvalue weighted by molar-refractivity contribution is -0.119. The van der Waals surface area contributed by atoms with Crippen LogP contribution in [0.5, 0.6) is 0 Å². The third-order valence-corrected chi connectivity index (χ3v) is 0.903. The van der Waals surface area contributed by atoms with Crippen LogP contribution < -0.4 is 5.32 Å². The van der Waals surface area contributed by atoms with Crippen molar-refractivity contribution in [2.45, 2.75) is 12.8 Å². The minimum absolute atomic E-state index is 0.204. The number of carbonyl (C=O) groups is 1. The van der Waals surface area contributed by atoms with E-state index >= 15 is 0 Å². The number of nitrogens with one attached hydrogen (secondary N) is 1. The summed E-state index contributed by atoms with van der Waals surface area (Å²) in [5, 5.41) is 9.78. The molecule has 2 N–H and O–H groups in total. The lowest BCUT2D eigenvalue weighted by atomic mass is 10.4. The van der Waals surface area contributed by atoms with Crippen molar-refractivity contribution < 1.29 is 9.90 Å². The lowest BCUT2D eigenvalue weighted by Crippen LogP contribution is -2.12. The molecule has 0 aromatic heterocycles. The second-order valence-electron chi connectivity index (χ2n) is 1.58. The zero-order chi connectivity index (χ0) is 7.11. The normalized spacial score (nSPS) is 14.8. The predicted molar refractivity (Wildman–Crippen MR) is 33.0 cm³/mol. The molecule has 1 amide bonds. The van der Waals surface area contributed by atoms with Gasteiger partial charge in [0.2, 0.25) is 5.91 Å². The monoisotopic (exact) mass is 127 g/mol. The van der Waals surface area contributed by atoms with Gasteiger partial charge < -0.3 is 10.4 Å². The third kappa shape index (κ3) is 4.69. The second-order valence-corrected chi connectivity index (χ2v) is 1.58. The summed E-state index contributed by atoms with van der Waals surface area (Å²) < 4.78 is 0. The van der Waals surface area contributed by atoms with Gasteiger partial charge in [-0.1, -0.05) is 6.42 Å². The van der Waals surface area contributed by atoms with E-state index in [2.05, 4.69) is 11.7 Å². The first-order chi connectivity index (χ1) is 4.31. The largest absolute Gasteiger partial charge is 0.462 e. The SMILES string of the molecule is C#CO.O=C1CCCN1. The lowest BCUT2D eigenvalue weighted by Gasteiger charge is -1.80. The van der Waals surface area contributed by atoms with Gasteiger partial charge in [-0.3, -0.25) is 4.79 Å². The Morgan fingerprint density at radius 3 is 2.44 bits per heavy atom. The molecule has 1 aliphatic rings. The molecule has 0 aromatic rings. The number of hydrogen-bond acceptors (Lipinski definition) is 2. The summed E-state index contributed by atoms with van der Waals surface area (Å²) in [5.41, 5.74) is 0. The quantitative estimate of drug-likeness (QED) is 0.444. The number of rotatable bonds is 0. The molecule has 1 fully saturated rings. The molecule has 0 atom stereocenters. The van der Waals surface area contributed by atoms with E-state index in [0.717, 1.165) is 19.4 Å². The van der Waals surface area contributed by atoms with Gasteiger partial charge in [-0.2, -0.15) is 0 Å². The van der Waals surface area contributed by atoms with Crippen LogP contribution in [-0.4, -0.2) is 17.6 Å². The fraction of sp³-hybridized carbons (Fsp3) is 0.500. The first-order valence-corrected chi connectivity index (χ1v) is 2.67. The molecule has 3 nitrogen and oxygen atoms in total. The van der Waals surface area contributed by atoms with E-state index in [0.29, 0.717) is 0 Å². The van der Waals surface area contributed by atoms with Gasteiger partial charge in [0.15, 0.2) is 0 Å². The van der Waals surface area contributed by atoms with Gasteiger partial charge in [0.25, 0.3) is 0 Å². The smallest absolute Gasteiger partial charge is 0.220 e. The average Bonchev–Trinajstić information content (AvgIpc) is 2.20. The molecule has 0 spiro atoms. The van der Waals surface area contributed by atoms with Gasteiger partial charge in [0, 0.05) is 13.0 Å². The molecule has 1 rings (SSSR count). The highest BCUT2D eigenvalue weighted by atomic mass is 16.2. The van der Waals surface area contributed by atoms with Crippen molar-refractivity contribution in [3.63, 3.8) is 0 Å². The molecule has 9 heavy (non-hydrogen) atoms. The Morgan fingerprint density at radius 1 is 1.78 bits per heavy atom. The Bertz CT molecular complexity index is 118. The van der Waals surface area contributed by atoms with Gasteiger partial charge in [-0.05, 0) is 6.42 Å². The van der Waals surface area contributed by atoms with Crippen LogP contribution in [0.25, 0.3) is 0 Å². The Labute approximate surface area is 54.1 Å². The van der Waals surface area contributed by atoms with Crippen molar-refractivity contribution in [2.24, 2.45) is 0 Å². The van der Waals surface area contributed by atoms with Crippen LogP contribution in [0.1, 0.15) is 12.8 Å². The van der Waals surface area contributed by atoms with Crippen LogP contribution >= 0.6 is 0 Å². The van der Waals surface area contributed by atoms with Crippen LogP contribution in [0, 0.1) is 12.5 Å². The number of carbonyl (C=O) groups excluding carboxylic acids is 1. The molecule has 0 unspecified atom stereocenters. The fourth-order valence-electron chi connectivity index (χ4n) is 0.565. The Hall–Kier alpha value is -1.17. The van der Waals surface area contributed by atoms with Gasteiger partial charge >= 0.3 is 0 Å². The predicted octanol–water partition coefficient (Wildman–Crippen LogP) is -0.154. The summed E-state index contributed by atoms with van der Waals surface area (Å²) in [7, 11) is 0. The van der Waals surface area contributed by atoms with Crippen molar-refractivity contribution in [3.05, 3.63) is 0 Å². The molecule has 0 aliphatic carbocycles. The molecule has 0 saturated carbocycles. The van der Waals surface area contributed by atoms with Gasteiger partial charge in [0.1, 0.15) is 6.11 Å². The van der Waals surface area contributed by atoms with Gasteiger partial charge in [0.05, 0.1) is 0 Å². The molecule has 1 saturated heterocycles. The highest BCUT2D eigenvalue weighted by molar-refractivity contribution is 5.77. The number of amides is 1. The summed E-state index contributed by atoms with van der Waals surface area (Å²) >= 11 is 0. The minimum Gasteiger partial charge on any atom is -0.462 e. The Balaban J connectivity index is 0.000000187. The molecular formula is C6H9NO2. The highest BCUT2D eigenvalue weighted by Gasteiger charge is 2.05. The van der Waals surface area contributed by atoms with Gasteiger partial charge in [-0.25, -0.2) is 0 Å². The summed E-state index contributed by atoms with van der Waals surface area (Å²) in [6, 6.07) is 0. The standard InChI is InChI=1S/C4H7NO.C2H2O/c6-4-2-1-3-5-4;1-2-3/h1-3H2,(H,5,6);1,3H. The topological polar surface area (TPSA) is 49.3 Å². The molecule has 3 heteroatoms. The van der Waals surface area contributed by atoms with Crippen LogP contribution in [0.3, 0.4) is 0 Å². The van der Waals surface area contributed by atoms with Crippen molar-refractivity contribution in [1.29, 1.82) is 0 Å². The maximum absolute atomic E-state index is 10.1. The van der Waals surface area contributed by atoms with Gasteiger partial charge in [-0.15, -0.1) is 0 Å². The first-order valence-electron chi connectivity index (χ1n) is 2.67. The van der Waals surface area contributed by atoms with E-state index in [-0.39, 0.29) is 5.91 Å². The number of hydrogen-bond donors (Lipinski definition) is 2. The Morgan fingerprint density at radius 2 is 2.33 bits per heavy atom. The van der Waals surface area contributed by atoms with Crippen molar-refractivity contribution in [3.8, 4) is 12.5 Å². The highest BCUT2D eigenvalue weighted by Crippen LogP contribution is 1.93. The zero-order valence-corrected chi connectivity index (χ0v) is 5.05. The van der Waals surface area contributed by atoms with Crippen molar-refractivity contribution in [1.82, 2.24) is 5.32 Å². The summed E-state index contributed by atoms with van der Waals surface area (Å²) in [5.74, 6) is 0.204. The number of terminal acetylenes is 1. The van der Waals surface area contributed by atoms with E-state index in [9.17, 15) is 4.79 Å². The first kappa shape index (κ1) is 7.83. The van der Waals surface area contributed by atoms with Crippen molar-refractivity contribution >= 4 is 5.91 Å². The maximum Gasteiger partial charge on any atom is 0.220 e. The van der Waals surface area contributed by atoms with E-state index in [4.69, 9.17) is 5.11 Å². The van der Waals surface area contributed by atoms with Crippen LogP contribution in [-0.2, 0) is 4.79 Å². The van der Waals surface area contributed by atoms with E-state index < -0.39 is 0 Å². The van der Waals surface area contributed by atoms with Crippen LogP contribution in [0.15, 0.2) is 0 Å². The van der Waals surface area contributed by atoms with Crippen molar-refractivity contribution in [2.75, 3.05) is 6.54 Å². The summed E-state index contributed by atoms with van der Waals surface area (Å²) in [6.07, 6.45) is 7.17. The Kier molecular flexibility index (Phi) is 4.33. The molecule has 0 bridgehead atoms. The van der Waals surface area contributed by atoms with Crippen LogP contribution in [0.4, 0.5) is 0 Å². The number of aliphatic hydroxyl groups excluding tert-OH is 1. The molecule has 1 aliphatic heterocycles. The molecule has 0 aromatic carbocycles. The summed E-state index contributed by atoms with van der Waals surface area (Å²) in [6.45, 7) is 0.888. The van der Waals surface area contributed by atoms with E-state index in [1.165, 1.54) is 6.11 Å². The maximum atomic E-state index is 10.1.